The van der Waals surface area contributed by atoms with E-state index in [0.29, 0.717) is 25.2 Å². The van der Waals surface area contributed by atoms with Crippen molar-refractivity contribution >= 4 is 27.3 Å². The molecule has 1 aliphatic rings. The van der Waals surface area contributed by atoms with Gasteiger partial charge < -0.3 is 4.90 Å². The van der Waals surface area contributed by atoms with Gasteiger partial charge in [-0.1, -0.05) is 26.0 Å². The van der Waals surface area contributed by atoms with Gasteiger partial charge >= 0.3 is 0 Å². The molecule has 0 radical (unpaired) electrons. The molecule has 1 saturated heterocycles. The lowest BCUT2D eigenvalue weighted by molar-refractivity contribution is 0.0737. The van der Waals surface area contributed by atoms with Crippen LogP contribution in [-0.2, 0) is 10.0 Å². The van der Waals surface area contributed by atoms with E-state index in [1.807, 2.05) is 37.1 Å². The Balaban J connectivity index is 1.96. The molecule has 0 saturated carbocycles. The standard InChI is InChI=1S/C20H26N2O3S2/c1-4-21(5-2)27(24,25)16-11-10-15(3)17(14-16)20(23)22-12-6-8-18(22)19-9-7-13-26-19/h7,9-11,13-14,18H,4-6,8,12H2,1-3H3. The molecule has 3 rings (SSSR count). The first-order chi connectivity index (χ1) is 12.9. The molecular formula is C20H26N2O3S2. The molecule has 0 aliphatic carbocycles. The topological polar surface area (TPSA) is 57.7 Å². The Labute approximate surface area is 165 Å². The number of sulfonamides is 1. The fourth-order valence-corrected chi connectivity index (χ4v) is 6.00. The van der Waals surface area contributed by atoms with E-state index in [1.165, 1.54) is 9.18 Å². The van der Waals surface area contributed by atoms with Gasteiger partial charge in [0.05, 0.1) is 10.9 Å². The third-order valence-electron chi connectivity index (χ3n) is 5.17. The van der Waals surface area contributed by atoms with Crippen molar-refractivity contribution in [2.75, 3.05) is 19.6 Å². The summed E-state index contributed by atoms with van der Waals surface area (Å²) in [5.41, 5.74) is 1.28. The van der Waals surface area contributed by atoms with E-state index in [0.717, 1.165) is 18.4 Å². The second kappa shape index (κ2) is 8.12. The number of hydrogen-bond acceptors (Lipinski definition) is 4. The smallest absolute Gasteiger partial charge is 0.254 e. The highest BCUT2D eigenvalue weighted by Gasteiger charge is 2.32. The summed E-state index contributed by atoms with van der Waals surface area (Å²) < 4.78 is 27.1. The normalized spacial score (nSPS) is 17.6. The van der Waals surface area contributed by atoms with Crippen molar-refractivity contribution in [3.8, 4) is 0 Å². The van der Waals surface area contributed by atoms with Gasteiger partial charge in [0, 0.05) is 30.1 Å². The van der Waals surface area contributed by atoms with Gasteiger partial charge in [0.25, 0.3) is 5.91 Å². The van der Waals surface area contributed by atoms with Crippen molar-refractivity contribution in [2.45, 2.75) is 44.6 Å². The van der Waals surface area contributed by atoms with Gasteiger partial charge in [-0.15, -0.1) is 11.3 Å². The summed E-state index contributed by atoms with van der Waals surface area (Å²) in [5, 5.41) is 2.03. The minimum atomic E-state index is -3.59. The van der Waals surface area contributed by atoms with E-state index >= 15 is 0 Å². The van der Waals surface area contributed by atoms with Crippen LogP contribution < -0.4 is 0 Å². The molecular weight excluding hydrogens is 380 g/mol. The van der Waals surface area contributed by atoms with Crippen LogP contribution in [0.15, 0.2) is 40.6 Å². The Morgan fingerprint density at radius 3 is 2.63 bits per heavy atom. The Morgan fingerprint density at radius 1 is 1.26 bits per heavy atom. The van der Waals surface area contributed by atoms with Crippen molar-refractivity contribution in [1.82, 2.24) is 9.21 Å². The molecule has 5 nitrogen and oxygen atoms in total. The van der Waals surface area contributed by atoms with Gasteiger partial charge in [-0.05, 0) is 48.9 Å². The summed E-state index contributed by atoms with van der Waals surface area (Å²) in [6.45, 7) is 7.00. The van der Waals surface area contributed by atoms with Crippen LogP contribution in [-0.4, -0.2) is 43.2 Å². The van der Waals surface area contributed by atoms with E-state index < -0.39 is 10.0 Å². The predicted octanol–water partition coefficient (Wildman–Crippen LogP) is 4.06. The molecule has 2 aromatic rings. The second-order valence-corrected chi connectivity index (χ2v) is 9.66. The van der Waals surface area contributed by atoms with E-state index in [1.54, 1.807) is 29.5 Å². The number of carbonyl (C=O) groups excluding carboxylic acids is 1. The minimum Gasteiger partial charge on any atom is -0.331 e. The molecule has 2 heterocycles. The molecule has 1 unspecified atom stereocenters. The summed E-state index contributed by atoms with van der Waals surface area (Å²) in [6.07, 6.45) is 1.91. The molecule has 1 amide bonds. The van der Waals surface area contributed by atoms with Crippen molar-refractivity contribution in [3.05, 3.63) is 51.7 Å². The highest BCUT2D eigenvalue weighted by molar-refractivity contribution is 7.89. The largest absolute Gasteiger partial charge is 0.331 e. The predicted molar refractivity (Wildman–Crippen MR) is 109 cm³/mol. The van der Waals surface area contributed by atoms with Crippen LogP contribution >= 0.6 is 11.3 Å². The monoisotopic (exact) mass is 406 g/mol. The first-order valence-electron chi connectivity index (χ1n) is 9.35. The van der Waals surface area contributed by atoms with Crippen molar-refractivity contribution in [2.24, 2.45) is 0 Å². The maximum atomic E-state index is 13.3. The Bertz CT molecular complexity index is 903. The molecule has 0 bridgehead atoms. The van der Waals surface area contributed by atoms with Gasteiger partial charge in [-0.25, -0.2) is 8.42 Å². The van der Waals surface area contributed by atoms with Crippen LogP contribution in [0, 0.1) is 6.92 Å². The molecule has 0 N–H and O–H groups in total. The zero-order chi connectivity index (χ0) is 19.6. The Hall–Kier alpha value is -1.70. The molecule has 0 spiro atoms. The highest BCUT2D eigenvalue weighted by atomic mass is 32.2. The molecule has 1 aliphatic heterocycles. The lowest BCUT2D eigenvalue weighted by Gasteiger charge is -2.25. The maximum absolute atomic E-state index is 13.3. The van der Waals surface area contributed by atoms with Crippen molar-refractivity contribution in [1.29, 1.82) is 0 Å². The van der Waals surface area contributed by atoms with Gasteiger partial charge in [0.15, 0.2) is 0 Å². The van der Waals surface area contributed by atoms with Gasteiger partial charge in [-0.3, -0.25) is 4.79 Å². The number of nitrogens with zero attached hydrogens (tertiary/aromatic N) is 2. The number of amides is 1. The number of thiophene rings is 1. The number of hydrogen-bond donors (Lipinski definition) is 0. The lowest BCUT2D eigenvalue weighted by Crippen LogP contribution is -2.32. The number of rotatable bonds is 6. The van der Waals surface area contributed by atoms with Gasteiger partial charge in [0.2, 0.25) is 10.0 Å². The van der Waals surface area contributed by atoms with Crippen LogP contribution in [0.2, 0.25) is 0 Å². The SMILES string of the molecule is CCN(CC)S(=O)(=O)c1ccc(C)c(C(=O)N2CCCC2c2cccs2)c1. The third-order valence-corrected chi connectivity index (χ3v) is 8.19. The fourth-order valence-electron chi connectivity index (χ4n) is 3.65. The molecule has 27 heavy (non-hydrogen) atoms. The third kappa shape index (κ3) is 3.81. The summed E-state index contributed by atoms with van der Waals surface area (Å²) in [4.78, 5) is 16.5. The van der Waals surface area contributed by atoms with Crippen LogP contribution in [0.5, 0.6) is 0 Å². The van der Waals surface area contributed by atoms with Crippen molar-refractivity contribution in [3.63, 3.8) is 0 Å². The minimum absolute atomic E-state index is 0.0833. The summed E-state index contributed by atoms with van der Waals surface area (Å²) in [6, 6.07) is 9.04. The second-order valence-electron chi connectivity index (χ2n) is 6.74. The number of benzene rings is 1. The Kier molecular flexibility index (Phi) is 6.03. The average molecular weight is 407 g/mol. The summed E-state index contributed by atoms with van der Waals surface area (Å²) >= 11 is 1.66. The molecule has 1 atom stereocenters. The Morgan fingerprint density at radius 2 is 2.00 bits per heavy atom. The lowest BCUT2D eigenvalue weighted by atomic mass is 10.1. The van der Waals surface area contributed by atoms with Gasteiger partial charge in [0.1, 0.15) is 0 Å². The van der Waals surface area contributed by atoms with E-state index in [-0.39, 0.29) is 16.8 Å². The highest BCUT2D eigenvalue weighted by Crippen LogP contribution is 2.36. The molecule has 7 heteroatoms. The van der Waals surface area contributed by atoms with E-state index in [2.05, 4.69) is 6.07 Å². The fraction of sp³-hybridized carbons (Fsp3) is 0.450. The summed E-state index contributed by atoms with van der Waals surface area (Å²) in [5.74, 6) is -0.0833. The van der Waals surface area contributed by atoms with E-state index in [4.69, 9.17) is 0 Å². The number of carbonyl (C=O) groups is 1. The van der Waals surface area contributed by atoms with E-state index in [9.17, 15) is 13.2 Å². The molecule has 1 aromatic carbocycles. The van der Waals surface area contributed by atoms with Gasteiger partial charge in [-0.2, -0.15) is 4.31 Å². The van der Waals surface area contributed by atoms with Crippen LogP contribution in [0.3, 0.4) is 0 Å². The van der Waals surface area contributed by atoms with Crippen molar-refractivity contribution < 1.29 is 13.2 Å². The summed E-state index contributed by atoms with van der Waals surface area (Å²) in [7, 11) is -3.59. The van der Waals surface area contributed by atoms with Crippen LogP contribution in [0.4, 0.5) is 0 Å². The zero-order valence-corrected chi connectivity index (χ0v) is 17.6. The van der Waals surface area contributed by atoms with Crippen LogP contribution in [0.1, 0.15) is 53.5 Å². The van der Waals surface area contributed by atoms with Crippen LogP contribution in [0.25, 0.3) is 0 Å². The zero-order valence-electron chi connectivity index (χ0n) is 16.0. The number of likely N-dealkylation sites (tertiary alicyclic amines) is 1. The first kappa shape index (κ1) is 20.0. The molecule has 146 valence electrons. The molecule has 1 fully saturated rings. The number of aryl methyl sites for hydroxylation is 1. The first-order valence-corrected chi connectivity index (χ1v) is 11.7. The average Bonchev–Trinajstić information content (AvgIpc) is 3.33. The molecule has 1 aromatic heterocycles. The maximum Gasteiger partial charge on any atom is 0.254 e. The quantitative estimate of drug-likeness (QED) is 0.727.